The van der Waals surface area contributed by atoms with E-state index in [1.807, 2.05) is 0 Å². The Morgan fingerprint density at radius 1 is 1.06 bits per heavy atom. The number of hydrogen-bond donors (Lipinski definition) is 4. The van der Waals surface area contributed by atoms with Gasteiger partial charge in [-0.2, -0.15) is 0 Å². The number of carboxylic acid groups (broad SMARTS) is 2. The van der Waals surface area contributed by atoms with Gasteiger partial charge in [0.2, 0.25) is 0 Å². The van der Waals surface area contributed by atoms with Crippen molar-refractivity contribution in [3.8, 4) is 0 Å². The van der Waals surface area contributed by atoms with Gasteiger partial charge in [0.1, 0.15) is 0 Å². The minimum atomic E-state index is -1.23. The van der Waals surface area contributed by atoms with Gasteiger partial charge in [-0.1, -0.05) is 19.1 Å². The van der Waals surface area contributed by atoms with Crippen LogP contribution in [-0.2, 0) is 0 Å². The highest BCUT2D eigenvalue weighted by Gasteiger charge is 2.13. The molecule has 0 atom stereocenters. The van der Waals surface area contributed by atoms with Crippen molar-refractivity contribution in [1.82, 2.24) is 0 Å². The number of aliphatic hydroxyl groups is 2. The van der Waals surface area contributed by atoms with Crippen LogP contribution in [0.2, 0.25) is 0 Å². The Morgan fingerprint density at radius 2 is 1.35 bits per heavy atom. The molecule has 0 saturated carbocycles. The predicted octanol–water partition coefficient (Wildman–Crippen LogP) is 0.790. The zero-order valence-corrected chi connectivity index (χ0v) is 9.20. The molecule has 17 heavy (non-hydrogen) atoms. The number of hydrogen-bond acceptors (Lipinski definition) is 4. The Bertz CT molecular complexity index is 352. The van der Waals surface area contributed by atoms with Gasteiger partial charge < -0.3 is 20.4 Å². The fourth-order valence-electron chi connectivity index (χ4n) is 0.856. The third kappa shape index (κ3) is 5.64. The van der Waals surface area contributed by atoms with Crippen molar-refractivity contribution in [2.45, 2.75) is 19.6 Å². The molecule has 0 radical (unpaired) electrons. The maximum Gasteiger partial charge on any atom is 0.336 e. The smallest absolute Gasteiger partial charge is 0.336 e. The molecule has 0 spiro atoms. The number of carbonyl (C=O) groups is 2. The minimum absolute atomic E-state index is 0.190. The van der Waals surface area contributed by atoms with E-state index in [1.165, 1.54) is 24.3 Å². The van der Waals surface area contributed by atoms with Crippen LogP contribution >= 0.6 is 0 Å². The lowest BCUT2D eigenvalue weighted by Gasteiger charge is -1.98. The molecular weight excluding hydrogens is 228 g/mol. The lowest BCUT2D eigenvalue weighted by atomic mass is 10.1. The Balaban J connectivity index is 0.000000437. The Morgan fingerprint density at radius 3 is 1.53 bits per heavy atom. The number of carboxylic acids is 2. The first-order valence-electron chi connectivity index (χ1n) is 4.81. The Hall–Kier alpha value is -1.92. The van der Waals surface area contributed by atoms with Gasteiger partial charge in [-0.3, -0.25) is 0 Å². The highest BCUT2D eigenvalue weighted by Crippen LogP contribution is 2.07. The van der Waals surface area contributed by atoms with Crippen LogP contribution in [0.5, 0.6) is 0 Å². The van der Waals surface area contributed by atoms with Crippen molar-refractivity contribution >= 4 is 11.9 Å². The van der Waals surface area contributed by atoms with E-state index < -0.39 is 18.2 Å². The molecule has 94 valence electrons. The van der Waals surface area contributed by atoms with Crippen molar-refractivity contribution in [1.29, 1.82) is 0 Å². The summed E-state index contributed by atoms with van der Waals surface area (Å²) in [5.41, 5.74) is -0.380. The van der Waals surface area contributed by atoms with Gasteiger partial charge in [0.05, 0.1) is 11.1 Å². The van der Waals surface area contributed by atoms with E-state index in [-0.39, 0.29) is 11.1 Å². The molecule has 0 unspecified atom stereocenters. The van der Waals surface area contributed by atoms with Crippen LogP contribution in [0, 0.1) is 0 Å². The van der Waals surface area contributed by atoms with E-state index in [9.17, 15) is 9.59 Å². The van der Waals surface area contributed by atoms with Gasteiger partial charge in [-0.25, -0.2) is 9.59 Å². The summed E-state index contributed by atoms with van der Waals surface area (Å²) in [6.07, 6.45) is -0.699. The summed E-state index contributed by atoms with van der Waals surface area (Å²) >= 11 is 0. The van der Waals surface area contributed by atoms with Crippen LogP contribution in [0.1, 0.15) is 34.1 Å². The fourth-order valence-corrected chi connectivity index (χ4v) is 0.856. The van der Waals surface area contributed by atoms with Crippen LogP contribution in [0.4, 0.5) is 0 Å². The van der Waals surface area contributed by atoms with Crippen LogP contribution in [0.15, 0.2) is 24.3 Å². The highest BCUT2D eigenvalue weighted by molar-refractivity contribution is 6.01. The van der Waals surface area contributed by atoms with Crippen LogP contribution in [0.25, 0.3) is 0 Å². The quantitative estimate of drug-likeness (QED) is 0.582. The lowest BCUT2D eigenvalue weighted by molar-refractivity contribution is -0.0413. The van der Waals surface area contributed by atoms with E-state index >= 15 is 0 Å². The van der Waals surface area contributed by atoms with Crippen LogP contribution < -0.4 is 0 Å². The standard InChI is InChI=1S/C8H6O4.C3H8O2/c9-7(10)5-3-1-2-4-6(5)8(11)12;1-2-3(4)5/h1-4H,(H,9,10)(H,11,12);3-5H,2H2,1H3. The van der Waals surface area contributed by atoms with Gasteiger partial charge in [0.25, 0.3) is 0 Å². The molecule has 0 fully saturated rings. The monoisotopic (exact) mass is 242 g/mol. The van der Waals surface area contributed by atoms with Crippen LogP contribution in [-0.4, -0.2) is 38.7 Å². The first-order chi connectivity index (χ1) is 7.90. The maximum atomic E-state index is 10.5. The molecule has 6 nitrogen and oxygen atoms in total. The van der Waals surface area contributed by atoms with E-state index in [2.05, 4.69) is 0 Å². The number of benzene rings is 1. The van der Waals surface area contributed by atoms with E-state index in [1.54, 1.807) is 6.92 Å². The molecule has 0 aliphatic heterocycles. The molecule has 1 aromatic rings. The SMILES string of the molecule is CCC(O)O.O=C(O)c1ccccc1C(=O)O. The summed E-state index contributed by atoms with van der Waals surface area (Å²) in [6.45, 7) is 1.70. The number of aromatic carboxylic acids is 2. The molecular formula is C11H14O6. The molecule has 0 aliphatic carbocycles. The minimum Gasteiger partial charge on any atom is -0.478 e. The first-order valence-corrected chi connectivity index (χ1v) is 4.81. The largest absolute Gasteiger partial charge is 0.478 e. The lowest BCUT2D eigenvalue weighted by Crippen LogP contribution is -2.06. The van der Waals surface area contributed by atoms with Crippen molar-refractivity contribution in [2.24, 2.45) is 0 Å². The van der Waals surface area contributed by atoms with Gasteiger partial charge in [-0.15, -0.1) is 0 Å². The van der Waals surface area contributed by atoms with Crippen LogP contribution in [0.3, 0.4) is 0 Å². The highest BCUT2D eigenvalue weighted by atomic mass is 16.5. The van der Waals surface area contributed by atoms with Crippen molar-refractivity contribution in [3.63, 3.8) is 0 Å². The van der Waals surface area contributed by atoms with E-state index in [0.29, 0.717) is 6.42 Å². The van der Waals surface area contributed by atoms with Gasteiger partial charge in [0, 0.05) is 0 Å². The first kappa shape index (κ1) is 15.1. The topological polar surface area (TPSA) is 115 Å². The third-order valence-electron chi connectivity index (χ3n) is 1.75. The fraction of sp³-hybridized carbons (Fsp3) is 0.273. The van der Waals surface area contributed by atoms with Crippen molar-refractivity contribution in [2.75, 3.05) is 0 Å². The molecule has 0 saturated heterocycles. The second-order valence-corrected chi connectivity index (χ2v) is 3.04. The van der Waals surface area contributed by atoms with E-state index in [0.717, 1.165) is 0 Å². The van der Waals surface area contributed by atoms with E-state index in [4.69, 9.17) is 20.4 Å². The molecule has 1 rings (SSSR count). The summed E-state index contributed by atoms with van der Waals surface area (Å²) in [6, 6.07) is 5.48. The molecule has 0 amide bonds. The average molecular weight is 242 g/mol. The Labute approximate surface area is 97.8 Å². The second kappa shape index (κ2) is 7.37. The third-order valence-corrected chi connectivity index (χ3v) is 1.75. The summed E-state index contributed by atoms with van der Waals surface area (Å²) in [4.78, 5) is 20.9. The number of rotatable bonds is 3. The van der Waals surface area contributed by atoms with Crippen molar-refractivity contribution < 1.29 is 30.0 Å². The summed E-state index contributed by atoms with van der Waals surface area (Å²) in [5.74, 6) is -2.46. The van der Waals surface area contributed by atoms with Gasteiger partial charge >= 0.3 is 11.9 Å². The average Bonchev–Trinajstić information content (AvgIpc) is 2.29. The molecule has 4 N–H and O–H groups in total. The molecule has 0 aromatic heterocycles. The molecule has 1 aromatic carbocycles. The zero-order valence-electron chi connectivity index (χ0n) is 9.20. The summed E-state index contributed by atoms with van der Waals surface area (Å²) < 4.78 is 0. The molecule has 0 aliphatic rings. The van der Waals surface area contributed by atoms with Gasteiger partial charge in [0.15, 0.2) is 6.29 Å². The van der Waals surface area contributed by atoms with Crippen molar-refractivity contribution in [3.05, 3.63) is 35.4 Å². The maximum absolute atomic E-state index is 10.5. The molecule has 0 heterocycles. The molecule has 6 heteroatoms. The second-order valence-electron chi connectivity index (χ2n) is 3.04. The number of aliphatic hydroxyl groups excluding tert-OH is 1. The van der Waals surface area contributed by atoms with Gasteiger partial charge in [-0.05, 0) is 18.6 Å². The summed E-state index contributed by atoms with van der Waals surface area (Å²) in [7, 11) is 0. The molecule has 0 bridgehead atoms. The summed E-state index contributed by atoms with van der Waals surface area (Å²) in [5, 5.41) is 32.9. The zero-order chi connectivity index (χ0) is 13.4. The normalized spacial score (nSPS) is 9.41. The Kier molecular flexibility index (Phi) is 6.54. The predicted molar refractivity (Wildman–Crippen MR) is 58.9 cm³/mol.